The summed E-state index contributed by atoms with van der Waals surface area (Å²) in [5.41, 5.74) is 4.59. The van der Waals surface area contributed by atoms with E-state index in [0.29, 0.717) is 0 Å². The lowest BCUT2D eigenvalue weighted by Gasteiger charge is -2.34. The minimum atomic E-state index is -0.498. The molecule has 2 aromatic heterocycles. The molecule has 5 heteroatoms. The van der Waals surface area contributed by atoms with Crippen molar-refractivity contribution in [3.63, 3.8) is 0 Å². The van der Waals surface area contributed by atoms with Crippen LogP contribution in [-0.2, 0) is 6.54 Å². The Balaban J connectivity index is 1.65. The van der Waals surface area contributed by atoms with E-state index < -0.39 is 6.10 Å². The van der Waals surface area contributed by atoms with Crippen molar-refractivity contribution in [1.82, 2.24) is 19.3 Å². The molecule has 0 saturated heterocycles. The first-order valence-electron chi connectivity index (χ1n) is 7.65. The summed E-state index contributed by atoms with van der Waals surface area (Å²) < 4.78 is 4.13. The van der Waals surface area contributed by atoms with Crippen LogP contribution in [0.2, 0.25) is 0 Å². The van der Waals surface area contributed by atoms with Crippen LogP contribution in [0, 0.1) is 5.92 Å². The fourth-order valence-electron chi connectivity index (χ4n) is 4.07. The molecule has 5 rings (SSSR count). The lowest BCUT2D eigenvalue weighted by Crippen LogP contribution is -2.31. The van der Waals surface area contributed by atoms with Gasteiger partial charge in [-0.15, -0.1) is 0 Å². The van der Waals surface area contributed by atoms with Gasteiger partial charge in [0.15, 0.2) is 0 Å². The van der Waals surface area contributed by atoms with Crippen molar-refractivity contribution in [3.05, 3.63) is 60.3 Å². The van der Waals surface area contributed by atoms with Gasteiger partial charge in [-0.2, -0.15) is 5.10 Å². The van der Waals surface area contributed by atoms with Gasteiger partial charge in [0.05, 0.1) is 30.0 Å². The number of hydrogen-bond acceptors (Lipinski definition) is 3. The van der Waals surface area contributed by atoms with Crippen LogP contribution in [0.5, 0.6) is 0 Å². The number of nitrogens with zero attached hydrogens (tertiary/aromatic N) is 4. The van der Waals surface area contributed by atoms with E-state index >= 15 is 0 Å². The zero-order valence-corrected chi connectivity index (χ0v) is 12.0. The van der Waals surface area contributed by atoms with Crippen LogP contribution in [-0.4, -0.2) is 24.4 Å². The Labute approximate surface area is 127 Å². The second-order valence-electron chi connectivity index (χ2n) is 6.09. The molecule has 5 nitrogen and oxygen atoms in total. The van der Waals surface area contributed by atoms with Gasteiger partial charge in [0.1, 0.15) is 6.10 Å². The Hall–Kier alpha value is -2.40. The van der Waals surface area contributed by atoms with Gasteiger partial charge in [-0.25, -0.2) is 4.98 Å². The highest BCUT2D eigenvalue weighted by atomic mass is 16.3. The van der Waals surface area contributed by atoms with E-state index in [0.717, 1.165) is 24.4 Å². The first-order valence-corrected chi connectivity index (χ1v) is 7.65. The van der Waals surface area contributed by atoms with Crippen LogP contribution in [0.1, 0.15) is 29.8 Å². The minimum Gasteiger partial charge on any atom is -0.386 e. The Bertz CT molecular complexity index is 850. The smallest absolute Gasteiger partial charge is 0.101 e. The van der Waals surface area contributed by atoms with Crippen LogP contribution in [0.4, 0.5) is 0 Å². The largest absolute Gasteiger partial charge is 0.386 e. The molecule has 0 amide bonds. The van der Waals surface area contributed by atoms with E-state index in [1.807, 2.05) is 23.3 Å². The van der Waals surface area contributed by atoms with E-state index in [2.05, 4.69) is 38.9 Å². The average molecular weight is 292 g/mol. The van der Waals surface area contributed by atoms with Crippen molar-refractivity contribution in [3.8, 4) is 11.3 Å². The number of imidazole rings is 1. The molecule has 2 aliphatic heterocycles. The summed E-state index contributed by atoms with van der Waals surface area (Å²) in [5.74, 6) is 0.140. The molecule has 3 aromatic rings. The van der Waals surface area contributed by atoms with Crippen LogP contribution >= 0.6 is 0 Å². The monoisotopic (exact) mass is 292 g/mol. The predicted molar refractivity (Wildman–Crippen MR) is 81.1 cm³/mol. The maximum atomic E-state index is 10.9. The quantitative estimate of drug-likeness (QED) is 0.749. The molecule has 110 valence electrons. The molecule has 3 atom stereocenters. The van der Waals surface area contributed by atoms with Gasteiger partial charge < -0.3 is 9.67 Å². The molecule has 0 bridgehead atoms. The fraction of sp³-hybridized carbons (Fsp3) is 0.294. The van der Waals surface area contributed by atoms with Crippen LogP contribution in [0.15, 0.2) is 49.1 Å². The first-order chi connectivity index (χ1) is 10.8. The normalized spacial score (nSPS) is 25.6. The summed E-state index contributed by atoms with van der Waals surface area (Å²) in [6, 6.07) is 10.5. The van der Waals surface area contributed by atoms with Gasteiger partial charge >= 0.3 is 0 Å². The Kier molecular flexibility index (Phi) is 2.38. The van der Waals surface area contributed by atoms with E-state index in [-0.39, 0.29) is 12.0 Å². The van der Waals surface area contributed by atoms with Crippen LogP contribution in [0.25, 0.3) is 11.3 Å². The highest BCUT2D eigenvalue weighted by Gasteiger charge is 2.40. The molecule has 0 radical (unpaired) electrons. The molecule has 2 aliphatic rings. The number of aliphatic hydroxyl groups excluding tert-OH is 1. The number of aromatic nitrogens is 4. The maximum Gasteiger partial charge on any atom is 0.101 e. The van der Waals surface area contributed by atoms with E-state index in [4.69, 9.17) is 0 Å². The number of fused-ring (bicyclic) bond motifs is 4. The fourth-order valence-corrected chi connectivity index (χ4v) is 4.07. The van der Waals surface area contributed by atoms with E-state index in [1.54, 1.807) is 6.20 Å². The summed E-state index contributed by atoms with van der Waals surface area (Å²) in [7, 11) is 0. The molecular weight excluding hydrogens is 276 g/mol. The highest BCUT2D eigenvalue weighted by Crippen LogP contribution is 2.48. The van der Waals surface area contributed by atoms with Gasteiger partial charge in [-0.05, 0) is 18.1 Å². The van der Waals surface area contributed by atoms with Crippen molar-refractivity contribution in [2.45, 2.75) is 25.1 Å². The van der Waals surface area contributed by atoms with Crippen molar-refractivity contribution in [2.24, 2.45) is 5.92 Å². The Morgan fingerprint density at radius 3 is 3.05 bits per heavy atom. The average Bonchev–Trinajstić information content (AvgIpc) is 3.23. The molecular formula is C17H16N4O. The lowest BCUT2D eigenvalue weighted by atomic mass is 9.83. The summed E-state index contributed by atoms with van der Waals surface area (Å²) in [5, 5.41) is 15.1. The van der Waals surface area contributed by atoms with Crippen LogP contribution < -0.4 is 0 Å². The zero-order chi connectivity index (χ0) is 14.7. The molecule has 0 aliphatic carbocycles. The van der Waals surface area contributed by atoms with Gasteiger partial charge in [0.25, 0.3) is 0 Å². The minimum absolute atomic E-state index is 0.140. The number of benzene rings is 1. The summed E-state index contributed by atoms with van der Waals surface area (Å²) >= 11 is 0. The Morgan fingerprint density at radius 2 is 2.09 bits per heavy atom. The molecule has 0 saturated carbocycles. The molecule has 4 heterocycles. The van der Waals surface area contributed by atoms with Crippen molar-refractivity contribution >= 4 is 0 Å². The number of hydrogen-bond donors (Lipinski definition) is 1. The Morgan fingerprint density at radius 1 is 1.18 bits per heavy atom. The second-order valence-corrected chi connectivity index (χ2v) is 6.09. The number of aryl methyl sites for hydroxylation is 1. The van der Waals surface area contributed by atoms with Crippen molar-refractivity contribution in [1.29, 1.82) is 0 Å². The third-order valence-corrected chi connectivity index (χ3v) is 5.06. The molecule has 22 heavy (non-hydrogen) atoms. The maximum absolute atomic E-state index is 10.9. The third-order valence-electron chi connectivity index (χ3n) is 5.06. The molecule has 0 fully saturated rings. The summed E-state index contributed by atoms with van der Waals surface area (Å²) in [6.07, 6.45) is 5.98. The number of aliphatic hydroxyl groups is 1. The summed E-state index contributed by atoms with van der Waals surface area (Å²) in [6.45, 7) is 0.854. The van der Waals surface area contributed by atoms with Crippen molar-refractivity contribution in [2.75, 3.05) is 0 Å². The van der Waals surface area contributed by atoms with Gasteiger partial charge in [0.2, 0.25) is 0 Å². The van der Waals surface area contributed by atoms with Crippen LogP contribution in [0.3, 0.4) is 0 Å². The lowest BCUT2D eigenvalue weighted by molar-refractivity contribution is 0.0525. The number of rotatable bonds is 1. The molecule has 0 spiro atoms. The topological polar surface area (TPSA) is 55.9 Å². The second kappa shape index (κ2) is 4.30. The predicted octanol–water partition coefficient (Wildman–Crippen LogP) is 2.40. The SMILES string of the molecule is O[C@H]1c2ccnn2CC[C@@H]1C1c2ccccc2-c2cncn21. The standard InChI is InChI=1S/C17H16N4O/c22-17-13(6-8-21-14(17)5-7-19-21)16-12-4-2-1-3-11(12)15-9-18-10-20(15)16/h1-5,7,9-10,13,16-17,22H,6,8H2/t13-,16?,17-/m1/s1. The van der Waals surface area contributed by atoms with Gasteiger partial charge in [0, 0.05) is 24.2 Å². The van der Waals surface area contributed by atoms with Crippen molar-refractivity contribution < 1.29 is 5.11 Å². The molecule has 1 N–H and O–H groups in total. The summed E-state index contributed by atoms with van der Waals surface area (Å²) in [4.78, 5) is 4.31. The third kappa shape index (κ3) is 1.46. The van der Waals surface area contributed by atoms with E-state index in [9.17, 15) is 5.11 Å². The first kappa shape index (κ1) is 12.2. The molecule has 1 aromatic carbocycles. The van der Waals surface area contributed by atoms with Gasteiger partial charge in [-0.3, -0.25) is 4.68 Å². The van der Waals surface area contributed by atoms with Gasteiger partial charge in [-0.1, -0.05) is 24.3 Å². The zero-order valence-electron chi connectivity index (χ0n) is 12.0. The highest BCUT2D eigenvalue weighted by molar-refractivity contribution is 5.69. The van der Waals surface area contributed by atoms with E-state index in [1.165, 1.54) is 11.1 Å². The molecule has 1 unspecified atom stereocenters.